The number of primary amides is 1. The van der Waals surface area contributed by atoms with Crippen LogP contribution in [-0.2, 0) is 0 Å². The van der Waals surface area contributed by atoms with Crippen LogP contribution in [-0.4, -0.2) is 11.2 Å². The van der Waals surface area contributed by atoms with Crippen molar-refractivity contribution >= 4 is 6.09 Å². The normalized spacial score (nSPS) is 5.25. The Morgan fingerprint density at radius 2 is 1.62 bits per heavy atom. The molecule has 0 aliphatic heterocycles. The first kappa shape index (κ1) is 15.8. The Balaban J connectivity index is -0.0000000575. The van der Waals surface area contributed by atoms with E-state index in [1.165, 1.54) is 0 Å². The molecule has 0 aromatic heterocycles. The summed E-state index contributed by atoms with van der Waals surface area (Å²) in [4.78, 5) is 8.78. The number of amides is 1. The molecular formula is C4H10NO2U-. The van der Waals surface area contributed by atoms with Gasteiger partial charge in [0.15, 0.2) is 0 Å². The van der Waals surface area contributed by atoms with Crippen molar-refractivity contribution < 1.29 is 41.0 Å². The summed E-state index contributed by atoms with van der Waals surface area (Å²) in [6.07, 6.45) is 0.667. The van der Waals surface area contributed by atoms with Crippen LogP contribution in [0.25, 0.3) is 0 Å². The van der Waals surface area contributed by atoms with Gasteiger partial charge in [0.2, 0.25) is 0 Å². The maximum atomic E-state index is 8.78. The molecule has 3 N–H and O–H groups in total. The summed E-state index contributed by atoms with van der Waals surface area (Å²) in [5.41, 5.74) is 4.03. The van der Waals surface area contributed by atoms with Gasteiger partial charge in [-0.15, -0.1) is 0 Å². The van der Waals surface area contributed by atoms with Crippen molar-refractivity contribution in [3.05, 3.63) is 6.42 Å². The Morgan fingerprint density at radius 1 is 1.62 bits per heavy atom. The second kappa shape index (κ2) is 15.7. The molecule has 1 amide bonds. The number of nitrogens with two attached hydrogens (primary N) is 1. The second-order valence-electron chi connectivity index (χ2n) is 0.916. The van der Waals surface area contributed by atoms with Crippen molar-refractivity contribution in [1.29, 1.82) is 0 Å². The van der Waals surface area contributed by atoms with E-state index in [2.05, 4.69) is 5.73 Å². The minimum Gasteiger partial charge on any atom is -0.465 e. The largest absolute Gasteiger partial charge is 0.465 e. The monoisotopic (exact) mass is 342 g/mol. The first-order chi connectivity index (χ1) is 3.15. The van der Waals surface area contributed by atoms with Gasteiger partial charge in [0.05, 0.1) is 0 Å². The summed E-state index contributed by atoms with van der Waals surface area (Å²) < 4.78 is 0. The molecule has 0 aliphatic carbocycles. The van der Waals surface area contributed by atoms with Crippen LogP contribution in [0.3, 0.4) is 0 Å². The molecule has 0 saturated heterocycles. The molecule has 0 radical (unpaired) electrons. The fraction of sp³-hybridized carbons (Fsp3) is 0.500. The summed E-state index contributed by atoms with van der Waals surface area (Å²) >= 11 is 0. The third-order valence-electron chi connectivity index (χ3n) is 0. The van der Waals surface area contributed by atoms with Crippen molar-refractivity contribution in [2.75, 3.05) is 0 Å². The van der Waals surface area contributed by atoms with Crippen LogP contribution in [0.5, 0.6) is 0 Å². The molecule has 0 atom stereocenters. The maximum Gasteiger partial charge on any atom is 0.402 e. The fourth-order valence-electron chi connectivity index (χ4n) is 0. The minimum absolute atomic E-state index is 0. The van der Waals surface area contributed by atoms with Gasteiger partial charge in [0, 0.05) is 31.1 Å². The number of rotatable bonds is 0. The van der Waals surface area contributed by atoms with Gasteiger partial charge in [-0.3, -0.25) is 0 Å². The molecule has 0 saturated carbocycles. The second-order valence-corrected chi connectivity index (χ2v) is 0.916. The van der Waals surface area contributed by atoms with Gasteiger partial charge in [-0.05, 0) is 0 Å². The molecule has 0 bridgehead atoms. The SMILES string of the molecule is C[CH-]C.NC(=O)O.[U]. The molecule has 0 aromatic carbocycles. The number of carboxylic acid groups (broad SMARTS) is 1. The van der Waals surface area contributed by atoms with E-state index in [1.807, 2.05) is 20.3 Å². The Morgan fingerprint density at radius 3 is 1.62 bits per heavy atom. The molecule has 0 rings (SSSR count). The molecule has 3 nitrogen and oxygen atoms in total. The zero-order valence-electron chi connectivity index (χ0n) is 5.01. The number of carbonyl (C=O) groups is 1. The summed E-state index contributed by atoms with van der Waals surface area (Å²) in [5, 5.41) is 7.19. The van der Waals surface area contributed by atoms with Crippen molar-refractivity contribution in [2.24, 2.45) is 5.73 Å². The van der Waals surface area contributed by atoms with Crippen molar-refractivity contribution in [2.45, 2.75) is 13.8 Å². The molecule has 8 heavy (non-hydrogen) atoms. The quantitative estimate of drug-likeness (QED) is 0.642. The predicted octanol–water partition coefficient (Wildman–Crippen LogP) is 0.854. The Kier molecular flexibility index (Phi) is 30.8. The van der Waals surface area contributed by atoms with E-state index in [9.17, 15) is 0 Å². The van der Waals surface area contributed by atoms with Crippen LogP contribution < -0.4 is 5.73 Å². The van der Waals surface area contributed by atoms with Crippen molar-refractivity contribution in [3.63, 3.8) is 0 Å². The summed E-state index contributed by atoms with van der Waals surface area (Å²) in [5.74, 6) is 0. The molecule has 0 fully saturated rings. The average molecular weight is 342 g/mol. The third kappa shape index (κ3) is 1730. The topological polar surface area (TPSA) is 63.3 Å². The van der Waals surface area contributed by atoms with E-state index in [0.29, 0.717) is 0 Å². The molecular weight excluding hydrogens is 332 g/mol. The van der Waals surface area contributed by atoms with Crippen LogP contribution >= 0.6 is 0 Å². The molecule has 0 spiro atoms. The van der Waals surface area contributed by atoms with Gasteiger partial charge in [0.1, 0.15) is 0 Å². The summed E-state index contributed by atoms with van der Waals surface area (Å²) in [6.45, 7) is 4.00. The Hall–Kier alpha value is 0.322. The Labute approximate surface area is 73.0 Å². The van der Waals surface area contributed by atoms with Crippen LogP contribution in [0.4, 0.5) is 4.79 Å². The van der Waals surface area contributed by atoms with Gasteiger partial charge in [-0.1, -0.05) is 0 Å². The molecule has 4 heteroatoms. The van der Waals surface area contributed by atoms with Crippen LogP contribution in [0.2, 0.25) is 0 Å². The zero-order chi connectivity index (χ0) is 6.28. The fourth-order valence-corrected chi connectivity index (χ4v) is 0. The van der Waals surface area contributed by atoms with E-state index >= 15 is 0 Å². The molecule has 0 aromatic rings. The van der Waals surface area contributed by atoms with Gasteiger partial charge in [-0.25, -0.2) is 4.79 Å². The summed E-state index contributed by atoms with van der Waals surface area (Å²) in [6, 6.07) is 0. The molecule has 0 unspecified atom stereocenters. The number of hydrogen-bond donors (Lipinski definition) is 2. The van der Waals surface area contributed by atoms with Gasteiger partial charge >= 0.3 is 6.09 Å². The average Bonchev–Trinajstić information content (AvgIpc) is 1.33. The van der Waals surface area contributed by atoms with Crippen LogP contribution in [0, 0.1) is 37.5 Å². The van der Waals surface area contributed by atoms with E-state index < -0.39 is 6.09 Å². The van der Waals surface area contributed by atoms with Crippen LogP contribution in [0.1, 0.15) is 13.8 Å². The van der Waals surface area contributed by atoms with E-state index in [4.69, 9.17) is 9.90 Å². The van der Waals surface area contributed by atoms with Gasteiger partial charge in [-0.2, -0.15) is 13.8 Å². The van der Waals surface area contributed by atoms with Gasteiger partial charge in [0.25, 0.3) is 0 Å². The van der Waals surface area contributed by atoms with E-state index in [-0.39, 0.29) is 31.1 Å². The van der Waals surface area contributed by atoms with Gasteiger partial charge < -0.3 is 17.3 Å². The standard InChI is InChI=1S/C3H7.CH3NO2.U/c1-3-2;2-1(3)4;/h3H,1-2H3;2H2,(H,3,4);/q-1;;. The zero-order valence-corrected chi connectivity index (χ0v) is 9.17. The van der Waals surface area contributed by atoms with Crippen molar-refractivity contribution in [3.8, 4) is 0 Å². The minimum atomic E-state index is -1.33. The van der Waals surface area contributed by atoms with E-state index in [0.717, 1.165) is 0 Å². The Bertz CT molecular complexity index is 45.3. The first-order valence-corrected chi connectivity index (χ1v) is 1.87. The number of hydrogen-bond acceptors (Lipinski definition) is 1. The smallest absolute Gasteiger partial charge is 0.402 e. The van der Waals surface area contributed by atoms with E-state index in [1.54, 1.807) is 0 Å². The van der Waals surface area contributed by atoms with Crippen molar-refractivity contribution in [1.82, 2.24) is 0 Å². The third-order valence-corrected chi connectivity index (χ3v) is 0. The maximum absolute atomic E-state index is 8.78. The van der Waals surface area contributed by atoms with Crippen LogP contribution in [0.15, 0.2) is 0 Å². The molecule has 0 heterocycles. The molecule has 0 aliphatic rings. The summed E-state index contributed by atoms with van der Waals surface area (Å²) in [7, 11) is 0. The molecule has 48 valence electrons. The first-order valence-electron chi connectivity index (χ1n) is 1.87. The predicted molar refractivity (Wildman–Crippen MR) is 27.9 cm³/mol.